The van der Waals surface area contributed by atoms with Crippen molar-refractivity contribution in [2.75, 3.05) is 33.7 Å². The Morgan fingerprint density at radius 2 is 2.15 bits per heavy atom. The molecule has 0 radical (unpaired) electrons. The predicted molar refractivity (Wildman–Crippen MR) is 84.3 cm³/mol. The van der Waals surface area contributed by atoms with E-state index in [-0.39, 0.29) is 0 Å². The molecule has 0 N–H and O–H groups in total. The lowest BCUT2D eigenvalue weighted by Crippen LogP contribution is -2.32. The Hall–Kier alpha value is -0.430. The summed E-state index contributed by atoms with van der Waals surface area (Å²) in [6.07, 6.45) is 1.07. The van der Waals surface area contributed by atoms with Crippen molar-refractivity contribution >= 4 is 26.0 Å². The van der Waals surface area contributed by atoms with Gasteiger partial charge in [0, 0.05) is 24.6 Å². The van der Waals surface area contributed by atoms with Gasteiger partial charge in [0.15, 0.2) is 0 Å². The summed E-state index contributed by atoms with van der Waals surface area (Å²) >= 11 is 3.40. The van der Waals surface area contributed by atoms with E-state index in [2.05, 4.69) is 27.9 Å². The zero-order chi connectivity index (χ0) is 14.9. The van der Waals surface area contributed by atoms with Gasteiger partial charge >= 0.3 is 0 Å². The summed E-state index contributed by atoms with van der Waals surface area (Å²) in [5.74, 6) is 0.427. The van der Waals surface area contributed by atoms with Gasteiger partial charge in [0.2, 0.25) is 10.0 Å². The molecule has 0 amide bonds. The fourth-order valence-electron chi connectivity index (χ4n) is 2.59. The third kappa shape index (κ3) is 3.42. The van der Waals surface area contributed by atoms with Gasteiger partial charge in [0.25, 0.3) is 0 Å². The molecule has 6 heteroatoms. The van der Waals surface area contributed by atoms with Gasteiger partial charge in [-0.05, 0) is 56.6 Å². The van der Waals surface area contributed by atoms with Crippen LogP contribution in [0, 0.1) is 12.8 Å². The van der Waals surface area contributed by atoms with Crippen molar-refractivity contribution in [2.45, 2.75) is 18.2 Å². The molecule has 20 heavy (non-hydrogen) atoms. The topological polar surface area (TPSA) is 40.6 Å². The van der Waals surface area contributed by atoms with Gasteiger partial charge in [-0.3, -0.25) is 0 Å². The molecule has 0 bridgehead atoms. The van der Waals surface area contributed by atoms with Gasteiger partial charge in [-0.15, -0.1) is 0 Å². The molecule has 2 rings (SSSR count). The molecule has 1 fully saturated rings. The highest BCUT2D eigenvalue weighted by atomic mass is 79.9. The fraction of sp³-hybridized carbons (Fsp3) is 0.571. The van der Waals surface area contributed by atoms with Crippen LogP contribution in [0.15, 0.2) is 27.6 Å². The molecular weight excluding hydrogens is 340 g/mol. The van der Waals surface area contributed by atoms with Crippen LogP contribution in [-0.4, -0.2) is 51.4 Å². The number of benzene rings is 1. The summed E-state index contributed by atoms with van der Waals surface area (Å²) in [6, 6.07) is 5.17. The summed E-state index contributed by atoms with van der Waals surface area (Å²) in [5.41, 5.74) is 0.931. The van der Waals surface area contributed by atoms with E-state index in [9.17, 15) is 8.42 Å². The number of aryl methyl sites for hydroxylation is 1. The van der Waals surface area contributed by atoms with Crippen LogP contribution in [-0.2, 0) is 10.0 Å². The van der Waals surface area contributed by atoms with E-state index in [4.69, 9.17) is 0 Å². The first kappa shape index (κ1) is 15.9. The number of likely N-dealkylation sites (tertiary alicyclic amines) is 1. The number of hydrogen-bond donors (Lipinski definition) is 0. The van der Waals surface area contributed by atoms with E-state index >= 15 is 0 Å². The molecule has 1 atom stereocenters. The molecule has 0 aliphatic carbocycles. The van der Waals surface area contributed by atoms with Gasteiger partial charge < -0.3 is 4.90 Å². The van der Waals surface area contributed by atoms with Gasteiger partial charge in [-0.25, -0.2) is 12.7 Å². The molecular formula is C14H21BrN2O2S. The Morgan fingerprint density at radius 3 is 2.70 bits per heavy atom. The van der Waals surface area contributed by atoms with Crippen LogP contribution < -0.4 is 0 Å². The van der Waals surface area contributed by atoms with E-state index in [1.54, 1.807) is 25.2 Å². The van der Waals surface area contributed by atoms with Crippen LogP contribution in [0.25, 0.3) is 0 Å². The first-order chi connectivity index (χ1) is 9.30. The van der Waals surface area contributed by atoms with Crippen molar-refractivity contribution in [1.82, 2.24) is 9.21 Å². The minimum Gasteiger partial charge on any atom is -0.306 e. The molecule has 0 aromatic heterocycles. The van der Waals surface area contributed by atoms with Crippen molar-refractivity contribution in [3.63, 3.8) is 0 Å². The van der Waals surface area contributed by atoms with E-state index in [1.165, 1.54) is 4.31 Å². The standard InChI is InChI=1S/C14H21BrN2O2S/c1-11-8-13(4-5-14(11)15)20(18,19)17(3)10-12-6-7-16(2)9-12/h4-5,8,12H,6-7,9-10H2,1-3H3. The average molecular weight is 361 g/mol. The molecule has 0 saturated carbocycles. The zero-order valence-corrected chi connectivity index (χ0v) is 14.5. The SMILES string of the molecule is Cc1cc(S(=O)(=O)N(C)CC2CCN(C)C2)ccc1Br. The monoisotopic (exact) mass is 360 g/mol. The van der Waals surface area contributed by atoms with Crippen LogP contribution in [0.3, 0.4) is 0 Å². The summed E-state index contributed by atoms with van der Waals surface area (Å²) in [7, 11) is 0.358. The van der Waals surface area contributed by atoms with E-state index in [0.717, 1.165) is 29.5 Å². The van der Waals surface area contributed by atoms with E-state index in [0.29, 0.717) is 17.4 Å². The maximum absolute atomic E-state index is 12.6. The number of hydrogen-bond acceptors (Lipinski definition) is 3. The average Bonchev–Trinajstić information content (AvgIpc) is 2.78. The summed E-state index contributed by atoms with van der Waals surface area (Å²) in [5, 5.41) is 0. The molecule has 1 aliphatic rings. The zero-order valence-electron chi connectivity index (χ0n) is 12.1. The molecule has 1 unspecified atom stereocenters. The fourth-order valence-corrected chi connectivity index (χ4v) is 4.17. The number of rotatable bonds is 4. The predicted octanol–water partition coefficient (Wildman–Crippen LogP) is 2.33. The number of nitrogens with zero attached hydrogens (tertiary/aromatic N) is 2. The van der Waals surface area contributed by atoms with Crippen LogP contribution in [0.1, 0.15) is 12.0 Å². The molecule has 112 valence electrons. The Labute approximate surface area is 129 Å². The third-order valence-electron chi connectivity index (χ3n) is 3.84. The summed E-state index contributed by atoms with van der Waals surface area (Å²) in [4.78, 5) is 2.61. The molecule has 1 saturated heterocycles. The van der Waals surface area contributed by atoms with Crippen molar-refractivity contribution < 1.29 is 8.42 Å². The quantitative estimate of drug-likeness (QED) is 0.827. The molecule has 1 aromatic carbocycles. The minimum absolute atomic E-state index is 0.368. The number of halogens is 1. The highest BCUT2D eigenvalue weighted by Crippen LogP contribution is 2.24. The molecule has 0 spiro atoms. The third-order valence-corrected chi connectivity index (χ3v) is 6.55. The van der Waals surface area contributed by atoms with Gasteiger partial charge in [0.05, 0.1) is 4.90 Å². The highest BCUT2D eigenvalue weighted by Gasteiger charge is 2.27. The Morgan fingerprint density at radius 1 is 1.45 bits per heavy atom. The highest BCUT2D eigenvalue weighted by molar-refractivity contribution is 9.10. The van der Waals surface area contributed by atoms with Crippen LogP contribution in [0.2, 0.25) is 0 Å². The van der Waals surface area contributed by atoms with Crippen molar-refractivity contribution in [2.24, 2.45) is 5.92 Å². The lowest BCUT2D eigenvalue weighted by molar-refractivity contribution is 0.356. The number of sulfonamides is 1. The summed E-state index contributed by atoms with van der Waals surface area (Å²) < 4.78 is 27.5. The summed E-state index contributed by atoms with van der Waals surface area (Å²) in [6.45, 7) is 4.51. The van der Waals surface area contributed by atoms with Gasteiger partial charge in [-0.2, -0.15) is 0 Å². The second-order valence-corrected chi connectivity index (χ2v) is 8.51. The maximum atomic E-state index is 12.6. The Balaban J connectivity index is 2.14. The van der Waals surface area contributed by atoms with Gasteiger partial charge in [0.1, 0.15) is 0 Å². The van der Waals surface area contributed by atoms with Crippen molar-refractivity contribution in [3.8, 4) is 0 Å². The Bertz CT molecular complexity index is 589. The van der Waals surface area contributed by atoms with Crippen LogP contribution >= 0.6 is 15.9 Å². The van der Waals surface area contributed by atoms with E-state index < -0.39 is 10.0 Å². The van der Waals surface area contributed by atoms with E-state index in [1.807, 2.05) is 6.92 Å². The first-order valence-corrected chi connectivity index (χ1v) is 8.95. The molecule has 1 heterocycles. The normalized spacial score (nSPS) is 20.8. The first-order valence-electron chi connectivity index (χ1n) is 6.71. The maximum Gasteiger partial charge on any atom is 0.242 e. The lowest BCUT2D eigenvalue weighted by atomic mass is 10.1. The van der Waals surface area contributed by atoms with Crippen LogP contribution in [0.5, 0.6) is 0 Å². The second-order valence-electron chi connectivity index (χ2n) is 5.61. The lowest BCUT2D eigenvalue weighted by Gasteiger charge is -2.21. The smallest absolute Gasteiger partial charge is 0.242 e. The van der Waals surface area contributed by atoms with Crippen molar-refractivity contribution in [1.29, 1.82) is 0 Å². The van der Waals surface area contributed by atoms with Crippen LogP contribution in [0.4, 0.5) is 0 Å². The molecule has 1 aromatic rings. The van der Waals surface area contributed by atoms with Gasteiger partial charge in [-0.1, -0.05) is 15.9 Å². The molecule has 1 aliphatic heterocycles. The largest absolute Gasteiger partial charge is 0.306 e. The Kier molecular flexibility index (Phi) is 4.89. The second kappa shape index (κ2) is 6.13. The van der Waals surface area contributed by atoms with Crippen molar-refractivity contribution in [3.05, 3.63) is 28.2 Å². The molecule has 4 nitrogen and oxygen atoms in total. The minimum atomic E-state index is -3.39.